The highest BCUT2D eigenvalue weighted by Gasteiger charge is 2.27. The minimum Gasteiger partial charge on any atom is -0.490 e. The molecule has 0 unspecified atom stereocenters. The van der Waals surface area contributed by atoms with Gasteiger partial charge in [-0.3, -0.25) is 4.79 Å². The van der Waals surface area contributed by atoms with E-state index in [1.807, 2.05) is 45.9 Å². The van der Waals surface area contributed by atoms with Gasteiger partial charge in [0.05, 0.1) is 13.2 Å². The van der Waals surface area contributed by atoms with Crippen LogP contribution < -0.4 is 9.47 Å². The van der Waals surface area contributed by atoms with E-state index in [0.29, 0.717) is 24.7 Å². The Morgan fingerprint density at radius 1 is 1.04 bits per heavy atom. The number of hydrogen-bond donors (Lipinski definition) is 0. The summed E-state index contributed by atoms with van der Waals surface area (Å²) < 4.78 is 16.5. The molecule has 1 aliphatic rings. The fraction of sp³-hybridized carbons (Fsp3) is 0.524. The van der Waals surface area contributed by atoms with E-state index in [0.717, 1.165) is 12.0 Å². The zero-order valence-electron chi connectivity index (χ0n) is 16.7. The van der Waals surface area contributed by atoms with Crippen LogP contribution in [0.3, 0.4) is 0 Å². The van der Waals surface area contributed by atoms with Gasteiger partial charge in [-0.1, -0.05) is 6.07 Å². The predicted octanol–water partition coefficient (Wildman–Crippen LogP) is 3.44. The molecule has 6 nitrogen and oxygen atoms in total. The third-order valence-electron chi connectivity index (χ3n) is 4.19. The lowest BCUT2D eigenvalue weighted by Crippen LogP contribution is -2.47. The van der Waals surface area contributed by atoms with Crippen molar-refractivity contribution < 1.29 is 23.8 Å². The van der Waals surface area contributed by atoms with E-state index in [2.05, 4.69) is 0 Å². The van der Waals surface area contributed by atoms with Crippen molar-refractivity contribution >= 4 is 18.0 Å². The summed E-state index contributed by atoms with van der Waals surface area (Å²) >= 11 is 0. The van der Waals surface area contributed by atoms with Crippen LogP contribution in [0.25, 0.3) is 6.08 Å². The van der Waals surface area contributed by atoms with Gasteiger partial charge in [0.25, 0.3) is 5.91 Å². The molecular formula is C21H29NO5. The van der Waals surface area contributed by atoms with E-state index in [1.165, 1.54) is 6.08 Å². The summed E-state index contributed by atoms with van der Waals surface area (Å²) in [6.45, 7) is 10.6. The number of fused-ring (bicyclic) bond motifs is 1. The summed E-state index contributed by atoms with van der Waals surface area (Å²) in [6, 6.07) is 5.55. The average Bonchev–Trinajstić information content (AvgIpc) is 2.84. The maximum atomic E-state index is 12.5. The summed E-state index contributed by atoms with van der Waals surface area (Å²) in [7, 11) is 0. The van der Waals surface area contributed by atoms with Gasteiger partial charge in [-0.25, -0.2) is 4.79 Å². The number of nitrogens with zero attached hydrogens (tertiary/aromatic N) is 1. The van der Waals surface area contributed by atoms with Crippen LogP contribution in [0.4, 0.5) is 0 Å². The summed E-state index contributed by atoms with van der Waals surface area (Å²) in [5, 5.41) is 0. The normalized spacial score (nSPS) is 14.9. The van der Waals surface area contributed by atoms with E-state index < -0.39 is 12.1 Å². The van der Waals surface area contributed by atoms with Gasteiger partial charge < -0.3 is 19.1 Å². The number of hydrogen-bond acceptors (Lipinski definition) is 5. The Morgan fingerprint density at radius 2 is 1.67 bits per heavy atom. The molecular weight excluding hydrogens is 346 g/mol. The van der Waals surface area contributed by atoms with Crippen LogP contribution >= 0.6 is 0 Å². The largest absolute Gasteiger partial charge is 0.490 e. The highest BCUT2D eigenvalue weighted by Crippen LogP contribution is 2.30. The fourth-order valence-corrected chi connectivity index (χ4v) is 3.03. The maximum Gasteiger partial charge on any atom is 0.331 e. The molecule has 1 amide bonds. The molecule has 1 atom stereocenters. The number of ether oxygens (including phenoxy) is 3. The van der Waals surface area contributed by atoms with Crippen molar-refractivity contribution in [3.63, 3.8) is 0 Å². The lowest BCUT2D eigenvalue weighted by Gasteiger charge is -2.32. The van der Waals surface area contributed by atoms with Crippen molar-refractivity contribution in [2.24, 2.45) is 0 Å². The Kier molecular flexibility index (Phi) is 7.28. The summed E-state index contributed by atoms with van der Waals surface area (Å²) in [6.07, 6.45) is 2.95. The molecule has 0 aromatic heterocycles. The summed E-state index contributed by atoms with van der Waals surface area (Å²) in [4.78, 5) is 26.3. The van der Waals surface area contributed by atoms with Gasteiger partial charge in [0.2, 0.25) is 0 Å². The Hall–Kier alpha value is -2.50. The number of rotatable bonds is 6. The topological polar surface area (TPSA) is 65.1 Å². The molecule has 0 fully saturated rings. The molecule has 27 heavy (non-hydrogen) atoms. The van der Waals surface area contributed by atoms with Gasteiger partial charge in [0.1, 0.15) is 0 Å². The van der Waals surface area contributed by atoms with Crippen molar-refractivity contribution in [2.75, 3.05) is 13.2 Å². The highest BCUT2D eigenvalue weighted by atomic mass is 16.5. The molecule has 0 saturated heterocycles. The minimum atomic E-state index is -0.837. The Morgan fingerprint density at radius 3 is 2.30 bits per heavy atom. The van der Waals surface area contributed by atoms with Crippen molar-refractivity contribution in [3.05, 3.63) is 29.8 Å². The first-order chi connectivity index (χ1) is 12.8. The first-order valence-electron chi connectivity index (χ1n) is 9.40. The van der Waals surface area contributed by atoms with Crippen LogP contribution in [0.15, 0.2) is 24.3 Å². The monoisotopic (exact) mass is 375 g/mol. The average molecular weight is 375 g/mol. The zero-order chi connectivity index (χ0) is 20.0. The molecule has 0 saturated carbocycles. The van der Waals surface area contributed by atoms with E-state index in [9.17, 15) is 9.59 Å². The first-order valence-corrected chi connectivity index (χ1v) is 9.40. The maximum absolute atomic E-state index is 12.5. The molecule has 2 rings (SSSR count). The van der Waals surface area contributed by atoms with Crippen LogP contribution in [0.2, 0.25) is 0 Å². The van der Waals surface area contributed by atoms with Crippen molar-refractivity contribution in [3.8, 4) is 11.5 Å². The minimum absolute atomic E-state index is 0.0380. The smallest absolute Gasteiger partial charge is 0.331 e. The molecule has 0 spiro atoms. The molecule has 0 N–H and O–H groups in total. The lowest BCUT2D eigenvalue weighted by atomic mass is 10.2. The lowest BCUT2D eigenvalue weighted by molar-refractivity contribution is -0.157. The van der Waals surface area contributed by atoms with Gasteiger partial charge in [-0.2, -0.15) is 0 Å². The van der Waals surface area contributed by atoms with Crippen LogP contribution in [-0.4, -0.2) is 48.2 Å². The van der Waals surface area contributed by atoms with Crippen LogP contribution in [0.5, 0.6) is 11.5 Å². The van der Waals surface area contributed by atoms with E-state index >= 15 is 0 Å². The van der Waals surface area contributed by atoms with Crippen molar-refractivity contribution in [1.29, 1.82) is 0 Å². The van der Waals surface area contributed by atoms with Gasteiger partial charge in [0.15, 0.2) is 17.6 Å². The van der Waals surface area contributed by atoms with Crippen molar-refractivity contribution in [2.45, 2.75) is 59.2 Å². The van der Waals surface area contributed by atoms with E-state index in [1.54, 1.807) is 17.9 Å². The van der Waals surface area contributed by atoms with Gasteiger partial charge in [-0.05, 0) is 58.4 Å². The second kappa shape index (κ2) is 9.44. The summed E-state index contributed by atoms with van der Waals surface area (Å²) in [5.74, 6) is 0.609. The second-order valence-corrected chi connectivity index (χ2v) is 7.10. The molecule has 0 aliphatic carbocycles. The third-order valence-corrected chi connectivity index (χ3v) is 4.19. The van der Waals surface area contributed by atoms with Crippen LogP contribution in [-0.2, 0) is 14.3 Å². The molecule has 0 bridgehead atoms. The molecule has 1 aliphatic heterocycles. The van der Waals surface area contributed by atoms with Crippen LogP contribution in [0.1, 0.15) is 46.6 Å². The number of amides is 1. The Balaban J connectivity index is 1.98. The first kappa shape index (κ1) is 20.8. The van der Waals surface area contributed by atoms with Gasteiger partial charge in [0, 0.05) is 24.6 Å². The molecule has 1 heterocycles. The Labute approximate surface area is 161 Å². The molecule has 148 valence electrons. The zero-order valence-corrected chi connectivity index (χ0v) is 16.7. The van der Waals surface area contributed by atoms with Crippen molar-refractivity contribution in [1.82, 2.24) is 4.90 Å². The quantitative estimate of drug-likeness (QED) is 0.563. The van der Waals surface area contributed by atoms with E-state index in [-0.39, 0.29) is 18.0 Å². The highest BCUT2D eigenvalue weighted by molar-refractivity contribution is 5.90. The predicted molar refractivity (Wildman–Crippen MR) is 104 cm³/mol. The second-order valence-electron chi connectivity index (χ2n) is 7.10. The standard InChI is InChI=1S/C21H29NO5/c1-14(2)22(15(3)4)21(24)16(5)27-20(23)10-8-17-7-9-18-19(13-17)26-12-6-11-25-18/h7-10,13-16H,6,11-12H2,1-5H3/b10-8+/t16-/m1/s1. The van der Waals surface area contributed by atoms with Crippen LogP contribution in [0, 0.1) is 0 Å². The molecule has 1 aromatic carbocycles. The SMILES string of the molecule is CC(C)N(C(=O)[C@@H](C)OC(=O)/C=C/c1ccc2c(c1)OCCCO2)C(C)C. The third kappa shape index (κ3) is 5.74. The molecule has 6 heteroatoms. The number of benzene rings is 1. The summed E-state index contributed by atoms with van der Waals surface area (Å²) in [5.41, 5.74) is 0.793. The molecule has 1 aromatic rings. The van der Waals surface area contributed by atoms with Gasteiger partial charge >= 0.3 is 5.97 Å². The number of carbonyl (C=O) groups excluding carboxylic acids is 2. The number of carbonyl (C=O) groups is 2. The molecule has 0 radical (unpaired) electrons. The number of esters is 1. The van der Waals surface area contributed by atoms with E-state index in [4.69, 9.17) is 14.2 Å². The Bertz CT molecular complexity index is 688. The van der Waals surface area contributed by atoms with Gasteiger partial charge in [-0.15, -0.1) is 0 Å². The fourth-order valence-electron chi connectivity index (χ4n) is 3.03.